The van der Waals surface area contributed by atoms with Crippen molar-refractivity contribution in [3.8, 4) is 0 Å². The van der Waals surface area contributed by atoms with Gasteiger partial charge in [0, 0.05) is 6.54 Å². The highest BCUT2D eigenvalue weighted by Crippen LogP contribution is 2.17. The van der Waals surface area contributed by atoms with Crippen molar-refractivity contribution < 1.29 is 13.5 Å². The predicted octanol–water partition coefficient (Wildman–Crippen LogP) is -1.15. The quantitative estimate of drug-likeness (QED) is 0.445. The molecule has 0 spiro atoms. The van der Waals surface area contributed by atoms with Crippen LogP contribution >= 0.6 is 23.8 Å². The molecule has 1 aliphatic rings. The second-order valence-electron chi connectivity index (χ2n) is 3.32. The SMILES string of the molecule is O=S1(=O)C[C@H](Cl)[C@H](NC(=S)NCCO)C1. The Balaban J connectivity index is 2.43. The molecule has 0 aromatic heterocycles. The van der Waals surface area contributed by atoms with Gasteiger partial charge in [-0.25, -0.2) is 8.42 Å². The Bertz CT molecular complexity index is 333. The molecular weight excluding hydrogens is 260 g/mol. The van der Waals surface area contributed by atoms with Crippen LogP contribution in [0.2, 0.25) is 0 Å². The van der Waals surface area contributed by atoms with Crippen LogP contribution in [0, 0.1) is 0 Å². The summed E-state index contributed by atoms with van der Waals surface area (Å²) in [6.45, 7) is 0.299. The Morgan fingerprint density at radius 3 is 2.67 bits per heavy atom. The van der Waals surface area contributed by atoms with Crippen molar-refractivity contribution >= 4 is 38.8 Å². The first kappa shape index (κ1) is 13.0. The molecule has 88 valence electrons. The van der Waals surface area contributed by atoms with E-state index in [1.54, 1.807) is 0 Å². The lowest BCUT2D eigenvalue weighted by molar-refractivity contribution is 0.300. The van der Waals surface area contributed by atoms with Crippen LogP contribution in [0.3, 0.4) is 0 Å². The molecule has 2 atom stereocenters. The maximum atomic E-state index is 11.2. The van der Waals surface area contributed by atoms with E-state index in [-0.39, 0.29) is 24.2 Å². The smallest absolute Gasteiger partial charge is 0.166 e. The summed E-state index contributed by atoms with van der Waals surface area (Å²) < 4.78 is 22.4. The summed E-state index contributed by atoms with van der Waals surface area (Å²) in [5, 5.41) is 13.9. The fourth-order valence-electron chi connectivity index (χ4n) is 1.33. The first-order valence-electron chi connectivity index (χ1n) is 4.44. The maximum absolute atomic E-state index is 11.2. The molecule has 0 aromatic rings. The number of aliphatic hydroxyl groups excluding tert-OH is 1. The number of halogens is 1. The monoisotopic (exact) mass is 272 g/mol. The van der Waals surface area contributed by atoms with Gasteiger partial charge >= 0.3 is 0 Å². The third-order valence-corrected chi connectivity index (χ3v) is 4.63. The van der Waals surface area contributed by atoms with Gasteiger partial charge in [-0.15, -0.1) is 11.6 Å². The van der Waals surface area contributed by atoms with Gasteiger partial charge in [0.2, 0.25) is 0 Å². The molecule has 1 rings (SSSR count). The predicted molar refractivity (Wildman–Crippen MR) is 62.9 cm³/mol. The van der Waals surface area contributed by atoms with Crippen LogP contribution in [0.15, 0.2) is 0 Å². The lowest BCUT2D eigenvalue weighted by Crippen LogP contribution is -2.46. The minimum absolute atomic E-state index is 0.00209. The minimum atomic E-state index is -3.04. The topological polar surface area (TPSA) is 78.4 Å². The van der Waals surface area contributed by atoms with Crippen LogP contribution in [-0.4, -0.2) is 54.7 Å². The number of alkyl halides is 1. The van der Waals surface area contributed by atoms with E-state index >= 15 is 0 Å². The van der Waals surface area contributed by atoms with Gasteiger partial charge in [-0.3, -0.25) is 0 Å². The molecule has 15 heavy (non-hydrogen) atoms. The van der Waals surface area contributed by atoms with Crippen LogP contribution in [0.4, 0.5) is 0 Å². The van der Waals surface area contributed by atoms with Gasteiger partial charge in [0.25, 0.3) is 0 Å². The van der Waals surface area contributed by atoms with E-state index in [1.807, 2.05) is 0 Å². The largest absolute Gasteiger partial charge is 0.395 e. The third kappa shape index (κ3) is 4.10. The van der Waals surface area contributed by atoms with Gasteiger partial charge in [-0.05, 0) is 12.2 Å². The first-order valence-corrected chi connectivity index (χ1v) is 7.11. The zero-order valence-electron chi connectivity index (χ0n) is 7.94. The van der Waals surface area contributed by atoms with Crippen molar-refractivity contribution in [1.29, 1.82) is 0 Å². The van der Waals surface area contributed by atoms with Crippen LogP contribution in [0.25, 0.3) is 0 Å². The van der Waals surface area contributed by atoms with E-state index in [1.165, 1.54) is 0 Å². The van der Waals surface area contributed by atoms with Gasteiger partial charge in [0.05, 0.1) is 29.5 Å². The van der Waals surface area contributed by atoms with Crippen molar-refractivity contribution in [2.75, 3.05) is 24.7 Å². The van der Waals surface area contributed by atoms with Crippen LogP contribution in [0.1, 0.15) is 0 Å². The summed E-state index contributed by atoms with van der Waals surface area (Å²) in [6.07, 6.45) is 0. The Kier molecular flexibility index (Phi) is 4.57. The molecule has 0 aromatic carbocycles. The summed E-state index contributed by atoms with van der Waals surface area (Å²) in [5.41, 5.74) is 0. The van der Waals surface area contributed by atoms with Crippen molar-refractivity contribution in [2.45, 2.75) is 11.4 Å². The summed E-state index contributed by atoms with van der Waals surface area (Å²) >= 11 is 10.8. The minimum Gasteiger partial charge on any atom is -0.395 e. The molecule has 1 saturated heterocycles. The van der Waals surface area contributed by atoms with E-state index in [0.29, 0.717) is 11.7 Å². The maximum Gasteiger partial charge on any atom is 0.166 e. The number of rotatable bonds is 3. The van der Waals surface area contributed by atoms with Crippen molar-refractivity contribution in [3.63, 3.8) is 0 Å². The molecular formula is C7H13ClN2O3S2. The molecule has 8 heteroatoms. The van der Waals surface area contributed by atoms with E-state index in [9.17, 15) is 8.42 Å². The lowest BCUT2D eigenvalue weighted by atomic mass is 10.2. The number of aliphatic hydroxyl groups is 1. The van der Waals surface area contributed by atoms with Crippen LogP contribution < -0.4 is 10.6 Å². The third-order valence-electron chi connectivity index (χ3n) is 2.00. The molecule has 0 radical (unpaired) electrons. The molecule has 1 heterocycles. The van der Waals surface area contributed by atoms with Gasteiger partial charge in [-0.2, -0.15) is 0 Å². The second-order valence-corrected chi connectivity index (χ2v) is 6.45. The molecule has 5 nitrogen and oxygen atoms in total. The Labute approximate surface area is 99.1 Å². The number of thiocarbonyl (C=S) groups is 1. The summed E-state index contributed by atoms with van der Waals surface area (Å²) in [4.78, 5) is 0. The Morgan fingerprint density at radius 2 is 2.20 bits per heavy atom. The highest BCUT2D eigenvalue weighted by Gasteiger charge is 2.36. The number of nitrogens with one attached hydrogen (secondary N) is 2. The number of sulfone groups is 1. The van der Waals surface area contributed by atoms with Gasteiger partial charge in [0.15, 0.2) is 14.9 Å². The molecule has 0 bridgehead atoms. The van der Waals surface area contributed by atoms with Crippen molar-refractivity contribution in [1.82, 2.24) is 10.6 Å². The molecule has 1 aliphatic heterocycles. The average molecular weight is 273 g/mol. The van der Waals surface area contributed by atoms with Crippen LogP contribution in [-0.2, 0) is 9.84 Å². The molecule has 0 aliphatic carbocycles. The van der Waals surface area contributed by atoms with E-state index in [0.717, 1.165) is 0 Å². The highest BCUT2D eigenvalue weighted by molar-refractivity contribution is 7.91. The second kappa shape index (κ2) is 5.29. The highest BCUT2D eigenvalue weighted by atomic mass is 35.5. The fraction of sp³-hybridized carbons (Fsp3) is 0.857. The van der Waals surface area contributed by atoms with Crippen LogP contribution in [0.5, 0.6) is 0 Å². The molecule has 3 N–H and O–H groups in total. The Hall–Kier alpha value is -0.110. The summed E-state index contributed by atoms with van der Waals surface area (Å²) in [5.74, 6) is -0.0169. The average Bonchev–Trinajstić information content (AvgIpc) is 2.36. The van der Waals surface area contributed by atoms with Gasteiger partial charge < -0.3 is 15.7 Å². The molecule has 1 fully saturated rings. The summed E-state index contributed by atoms with van der Waals surface area (Å²) in [6, 6.07) is -0.352. The van der Waals surface area contributed by atoms with Gasteiger partial charge in [-0.1, -0.05) is 0 Å². The van der Waals surface area contributed by atoms with E-state index in [2.05, 4.69) is 10.6 Å². The van der Waals surface area contributed by atoms with E-state index < -0.39 is 15.2 Å². The zero-order chi connectivity index (χ0) is 11.5. The molecule has 0 amide bonds. The number of hydrogen-bond donors (Lipinski definition) is 3. The first-order chi connectivity index (χ1) is 6.94. The number of hydrogen-bond acceptors (Lipinski definition) is 4. The van der Waals surface area contributed by atoms with Crippen molar-refractivity contribution in [3.05, 3.63) is 0 Å². The fourth-order valence-corrected chi connectivity index (χ4v) is 4.13. The Morgan fingerprint density at radius 1 is 1.53 bits per heavy atom. The standard InChI is InChI=1S/C7H13ClN2O3S2/c8-5-3-15(12,13)4-6(5)10-7(14)9-1-2-11/h5-6,11H,1-4H2,(H2,9,10,14)/t5-,6+/m0/s1. The van der Waals surface area contributed by atoms with E-state index in [4.69, 9.17) is 28.9 Å². The summed E-state index contributed by atoms with van der Waals surface area (Å²) in [7, 11) is -3.04. The van der Waals surface area contributed by atoms with Crippen molar-refractivity contribution in [2.24, 2.45) is 0 Å². The molecule has 0 unspecified atom stereocenters. The zero-order valence-corrected chi connectivity index (χ0v) is 10.3. The molecule has 0 saturated carbocycles. The lowest BCUT2D eigenvalue weighted by Gasteiger charge is -2.16. The normalized spacial score (nSPS) is 28.7. The van der Waals surface area contributed by atoms with Gasteiger partial charge in [0.1, 0.15) is 0 Å².